The zero-order valence-electron chi connectivity index (χ0n) is 10.1. The van der Waals surface area contributed by atoms with Gasteiger partial charge in [0.2, 0.25) is 0 Å². The summed E-state index contributed by atoms with van der Waals surface area (Å²) in [6.45, 7) is -0.812. The zero-order valence-corrected chi connectivity index (χ0v) is 12.5. The SMILES string of the molecule is Cc1sc(Br)cc1C(N)c1ccc(OC(F)F)cc1. The summed E-state index contributed by atoms with van der Waals surface area (Å²) in [7, 11) is 0. The number of benzene rings is 1. The molecule has 0 amide bonds. The molecule has 0 aliphatic rings. The number of nitrogens with two attached hydrogens (primary N) is 1. The first-order chi connectivity index (χ1) is 8.97. The molecule has 0 saturated heterocycles. The smallest absolute Gasteiger partial charge is 0.387 e. The van der Waals surface area contributed by atoms with Crippen LogP contribution in [0.3, 0.4) is 0 Å². The fourth-order valence-corrected chi connectivity index (χ4v) is 3.56. The summed E-state index contributed by atoms with van der Waals surface area (Å²) in [4.78, 5) is 1.13. The van der Waals surface area contributed by atoms with E-state index in [1.165, 1.54) is 12.1 Å². The van der Waals surface area contributed by atoms with Crippen LogP contribution in [0.15, 0.2) is 34.1 Å². The minimum absolute atomic E-state index is 0.133. The number of halogens is 3. The van der Waals surface area contributed by atoms with E-state index in [1.807, 2.05) is 13.0 Å². The zero-order chi connectivity index (χ0) is 14.0. The van der Waals surface area contributed by atoms with Crippen molar-refractivity contribution >= 4 is 27.3 Å². The van der Waals surface area contributed by atoms with E-state index in [2.05, 4.69) is 20.7 Å². The largest absolute Gasteiger partial charge is 0.435 e. The second-order valence-corrected chi connectivity index (χ2v) is 6.62. The fourth-order valence-electron chi connectivity index (χ4n) is 1.80. The number of hydrogen-bond acceptors (Lipinski definition) is 3. The molecule has 2 aromatic rings. The highest BCUT2D eigenvalue weighted by Gasteiger charge is 2.14. The third kappa shape index (κ3) is 3.52. The summed E-state index contributed by atoms with van der Waals surface area (Å²) in [5.41, 5.74) is 8.06. The van der Waals surface area contributed by atoms with Gasteiger partial charge in [-0.1, -0.05) is 12.1 Å². The molecule has 2 N–H and O–H groups in total. The van der Waals surface area contributed by atoms with E-state index >= 15 is 0 Å². The number of ether oxygens (including phenoxy) is 1. The molecule has 0 aliphatic carbocycles. The van der Waals surface area contributed by atoms with Crippen molar-refractivity contribution in [2.45, 2.75) is 19.6 Å². The lowest BCUT2D eigenvalue weighted by Crippen LogP contribution is -2.12. The molecule has 0 aliphatic heterocycles. The van der Waals surface area contributed by atoms with Crippen LogP contribution in [0.2, 0.25) is 0 Å². The van der Waals surface area contributed by atoms with Crippen molar-refractivity contribution in [2.24, 2.45) is 5.73 Å². The van der Waals surface area contributed by atoms with Crippen LogP contribution in [-0.2, 0) is 0 Å². The standard InChI is InChI=1S/C13H12BrF2NOS/c1-7-10(6-11(14)19-7)12(17)8-2-4-9(5-3-8)18-13(15)16/h2-6,12-13H,17H2,1H3. The molecule has 0 fully saturated rings. The summed E-state index contributed by atoms with van der Waals surface area (Å²) < 4.78 is 29.4. The second-order valence-electron chi connectivity index (χ2n) is 3.99. The van der Waals surface area contributed by atoms with E-state index < -0.39 is 6.61 Å². The molecule has 1 heterocycles. The summed E-state index contributed by atoms with van der Waals surface area (Å²) in [6.07, 6.45) is 0. The maximum Gasteiger partial charge on any atom is 0.387 e. The van der Waals surface area contributed by atoms with Crippen molar-refractivity contribution in [3.8, 4) is 5.75 Å². The Balaban J connectivity index is 2.20. The molecule has 0 bridgehead atoms. The third-order valence-electron chi connectivity index (χ3n) is 2.73. The van der Waals surface area contributed by atoms with Crippen LogP contribution in [-0.4, -0.2) is 6.61 Å². The molecule has 2 nitrogen and oxygen atoms in total. The van der Waals surface area contributed by atoms with Crippen molar-refractivity contribution < 1.29 is 13.5 Å². The van der Waals surface area contributed by atoms with Gasteiger partial charge in [-0.15, -0.1) is 11.3 Å². The lowest BCUT2D eigenvalue weighted by Gasteiger charge is -2.13. The number of rotatable bonds is 4. The number of alkyl halides is 2. The van der Waals surface area contributed by atoms with Crippen LogP contribution < -0.4 is 10.5 Å². The van der Waals surface area contributed by atoms with E-state index in [4.69, 9.17) is 5.73 Å². The van der Waals surface area contributed by atoms with Crippen LogP contribution in [0.5, 0.6) is 5.75 Å². The van der Waals surface area contributed by atoms with Crippen LogP contribution in [0.4, 0.5) is 8.78 Å². The Labute approximate surface area is 122 Å². The Morgan fingerprint density at radius 2 is 1.89 bits per heavy atom. The van der Waals surface area contributed by atoms with E-state index in [-0.39, 0.29) is 11.8 Å². The minimum Gasteiger partial charge on any atom is -0.435 e. The minimum atomic E-state index is -2.81. The molecule has 6 heteroatoms. The maximum atomic E-state index is 12.0. The van der Waals surface area contributed by atoms with Gasteiger partial charge in [-0.2, -0.15) is 8.78 Å². The first-order valence-corrected chi connectivity index (χ1v) is 7.14. The highest BCUT2D eigenvalue weighted by molar-refractivity contribution is 9.11. The van der Waals surface area contributed by atoms with Gasteiger partial charge in [0.05, 0.1) is 9.83 Å². The Hall–Kier alpha value is -0.980. The number of hydrogen-bond donors (Lipinski definition) is 1. The van der Waals surface area contributed by atoms with E-state index in [9.17, 15) is 8.78 Å². The molecule has 1 atom stereocenters. The Morgan fingerprint density at radius 1 is 1.26 bits per heavy atom. The average Bonchev–Trinajstić information content (AvgIpc) is 2.68. The molecule has 0 saturated carbocycles. The predicted octanol–water partition coefficient (Wildman–Crippen LogP) is 4.47. The summed E-state index contributed by atoms with van der Waals surface area (Å²) in [5.74, 6) is 0.133. The molecular weight excluding hydrogens is 336 g/mol. The summed E-state index contributed by atoms with van der Waals surface area (Å²) in [6, 6.07) is 8.11. The van der Waals surface area contributed by atoms with Crippen LogP contribution in [0, 0.1) is 6.92 Å². The lowest BCUT2D eigenvalue weighted by molar-refractivity contribution is -0.0498. The highest BCUT2D eigenvalue weighted by Crippen LogP contribution is 2.32. The Kier molecular flexibility index (Phi) is 4.54. The van der Waals surface area contributed by atoms with Crippen molar-refractivity contribution in [1.82, 2.24) is 0 Å². The average molecular weight is 348 g/mol. The van der Waals surface area contributed by atoms with E-state index in [1.54, 1.807) is 23.5 Å². The van der Waals surface area contributed by atoms with Crippen LogP contribution in [0.1, 0.15) is 22.0 Å². The number of aryl methyl sites for hydroxylation is 1. The third-order valence-corrected chi connectivity index (χ3v) is 4.29. The molecule has 102 valence electrons. The molecule has 0 spiro atoms. The highest BCUT2D eigenvalue weighted by atomic mass is 79.9. The normalized spacial score (nSPS) is 12.7. The maximum absolute atomic E-state index is 12.0. The summed E-state index contributed by atoms with van der Waals surface area (Å²) >= 11 is 5.04. The molecule has 0 radical (unpaired) electrons. The van der Waals surface area contributed by atoms with Gasteiger partial charge in [0.1, 0.15) is 5.75 Å². The first kappa shape index (κ1) is 14.4. The fraction of sp³-hybridized carbons (Fsp3) is 0.231. The van der Waals surface area contributed by atoms with Gasteiger partial charge in [0, 0.05) is 4.88 Å². The van der Waals surface area contributed by atoms with E-state index in [0.29, 0.717) is 0 Å². The summed E-state index contributed by atoms with van der Waals surface area (Å²) in [5, 5.41) is 0. The van der Waals surface area contributed by atoms with Crippen molar-refractivity contribution in [3.05, 3.63) is 50.1 Å². The Morgan fingerprint density at radius 3 is 2.37 bits per heavy atom. The van der Waals surface area contributed by atoms with Gasteiger partial charge >= 0.3 is 6.61 Å². The van der Waals surface area contributed by atoms with Gasteiger partial charge in [-0.05, 0) is 52.2 Å². The van der Waals surface area contributed by atoms with Gasteiger partial charge in [0.15, 0.2) is 0 Å². The quantitative estimate of drug-likeness (QED) is 0.885. The van der Waals surface area contributed by atoms with Crippen LogP contribution >= 0.6 is 27.3 Å². The molecule has 2 rings (SSSR count). The first-order valence-electron chi connectivity index (χ1n) is 5.53. The monoisotopic (exact) mass is 347 g/mol. The lowest BCUT2D eigenvalue weighted by atomic mass is 10.0. The molecule has 1 unspecified atom stereocenters. The topological polar surface area (TPSA) is 35.2 Å². The van der Waals surface area contributed by atoms with Gasteiger partial charge in [-0.3, -0.25) is 0 Å². The van der Waals surface area contributed by atoms with Crippen LogP contribution in [0.25, 0.3) is 0 Å². The second kappa shape index (κ2) is 5.98. The van der Waals surface area contributed by atoms with Crippen molar-refractivity contribution in [1.29, 1.82) is 0 Å². The van der Waals surface area contributed by atoms with E-state index in [0.717, 1.165) is 19.8 Å². The van der Waals surface area contributed by atoms with Crippen molar-refractivity contribution in [2.75, 3.05) is 0 Å². The molecule has 1 aromatic carbocycles. The molecular formula is C13H12BrF2NOS. The number of thiophene rings is 1. The van der Waals surface area contributed by atoms with Gasteiger partial charge in [0.25, 0.3) is 0 Å². The van der Waals surface area contributed by atoms with Gasteiger partial charge < -0.3 is 10.5 Å². The molecule has 19 heavy (non-hydrogen) atoms. The van der Waals surface area contributed by atoms with Gasteiger partial charge in [-0.25, -0.2) is 0 Å². The Bertz CT molecular complexity index is 556. The molecule has 1 aromatic heterocycles. The van der Waals surface area contributed by atoms with Crippen molar-refractivity contribution in [3.63, 3.8) is 0 Å². The predicted molar refractivity (Wildman–Crippen MR) is 75.9 cm³/mol.